The van der Waals surface area contributed by atoms with E-state index in [9.17, 15) is 9.90 Å². The molecule has 0 radical (unpaired) electrons. The van der Waals surface area contributed by atoms with Crippen LogP contribution in [0, 0.1) is 0 Å². The van der Waals surface area contributed by atoms with Gasteiger partial charge in [0.05, 0.1) is 6.61 Å². The van der Waals surface area contributed by atoms with Crippen LogP contribution in [0.4, 0.5) is 5.82 Å². The third-order valence-electron chi connectivity index (χ3n) is 3.21. The van der Waals surface area contributed by atoms with Gasteiger partial charge in [0.1, 0.15) is 11.4 Å². The van der Waals surface area contributed by atoms with Crippen molar-refractivity contribution in [2.75, 3.05) is 25.2 Å². The highest BCUT2D eigenvalue weighted by atomic mass is 16.5. The minimum atomic E-state index is -0.948. The van der Waals surface area contributed by atoms with Crippen LogP contribution in [-0.4, -0.2) is 42.4 Å². The van der Waals surface area contributed by atoms with Crippen LogP contribution in [-0.2, 0) is 4.74 Å². The first-order valence-electron chi connectivity index (χ1n) is 6.59. The third-order valence-corrected chi connectivity index (χ3v) is 3.21. The molecule has 0 aliphatic heterocycles. The number of methoxy groups -OCH3 is 1. The van der Waals surface area contributed by atoms with Gasteiger partial charge in [0, 0.05) is 25.9 Å². The fraction of sp³-hybridized carbons (Fsp3) is 0.571. The lowest BCUT2D eigenvalue weighted by Crippen LogP contribution is -2.38. The van der Waals surface area contributed by atoms with E-state index in [4.69, 9.17) is 4.74 Å². The molecule has 5 heteroatoms. The zero-order chi connectivity index (χ0) is 14.3. The molecule has 0 atom stereocenters. The fourth-order valence-electron chi connectivity index (χ4n) is 2.17. The molecule has 1 heterocycles. The predicted octanol–water partition coefficient (Wildman–Crippen LogP) is 2.42. The lowest BCUT2D eigenvalue weighted by molar-refractivity contribution is 0.0697. The summed E-state index contributed by atoms with van der Waals surface area (Å²) >= 11 is 0. The second-order valence-corrected chi connectivity index (χ2v) is 4.34. The topological polar surface area (TPSA) is 62.7 Å². The molecule has 19 heavy (non-hydrogen) atoms. The van der Waals surface area contributed by atoms with E-state index in [1.165, 1.54) is 0 Å². The first-order chi connectivity index (χ1) is 9.15. The number of pyridine rings is 1. The van der Waals surface area contributed by atoms with Gasteiger partial charge >= 0.3 is 5.97 Å². The summed E-state index contributed by atoms with van der Waals surface area (Å²) in [6.07, 6.45) is 3.51. The Morgan fingerprint density at radius 3 is 2.68 bits per heavy atom. The average molecular weight is 266 g/mol. The first kappa shape index (κ1) is 15.4. The Kier molecular flexibility index (Phi) is 6.29. The summed E-state index contributed by atoms with van der Waals surface area (Å²) in [6, 6.07) is 3.50. The van der Waals surface area contributed by atoms with Gasteiger partial charge in [-0.05, 0) is 25.0 Å². The SMILES string of the molecule is CCC(CC)N(CCOC)c1ncccc1C(=O)O. The van der Waals surface area contributed by atoms with Crippen LogP contribution in [0.25, 0.3) is 0 Å². The highest BCUT2D eigenvalue weighted by Gasteiger charge is 2.22. The van der Waals surface area contributed by atoms with Gasteiger partial charge in [0.15, 0.2) is 0 Å². The van der Waals surface area contributed by atoms with E-state index in [0.29, 0.717) is 19.0 Å². The molecule has 0 spiro atoms. The number of anilines is 1. The van der Waals surface area contributed by atoms with Gasteiger partial charge in [0.25, 0.3) is 0 Å². The van der Waals surface area contributed by atoms with Crippen LogP contribution in [0.1, 0.15) is 37.0 Å². The number of aromatic nitrogens is 1. The summed E-state index contributed by atoms with van der Waals surface area (Å²) in [5, 5.41) is 9.27. The van der Waals surface area contributed by atoms with Crippen molar-refractivity contribution in [3.05, 3.63) is 23.9 Å². The molecule has 0 amide bonds. The number of ether oxygens (including phenoxy) is 1. The molecule has 0 aliphatic carbocycles. The molecule has 0 bridgehead atoms. The number of hydrogen-bond acceptors (Lipinski definition) is 4. The van der Waals surface area contributed by atoms with Gasteiger partial charge in [-0.15, -0.1) is 0 Å². The standard InChI is InChI=1S/C14H22N2O3/c1-4-11(5-2)16(9-10-19-3)13-12(14(17)18)7-6-8-15-13/h6-8,11H,4-5,9-10H2,1-3H3,(H,17,18). The zero-order valence-electron chi connectivity index (χ0n) is 11.8. The van der Waals surface area contributed by atoms with Crippen LogP contribution >= 0.6 is 0 Å². The maximum atomic E-state index is 11.3. The Balaban J connectivity index is 3.12. The minimum absolute atomic E-state index is 0.241. The molecule has 0 saturated carbocycles. The summed E-state index contributed by atoms with van der Waals surface area (Å²) < 4.78 is 5.12. The quantitative estimate of drug-likeness (QED) is 0.783. The lowest BCUT2D eigenvalue weighted by atomic mass is 10.1. The zero-order valence-corrected chi connectivity index (χ0v) is 11.8. The summed E-state index contributed by atoms with van der Waals surface area (Å²) in [5.74, 6) is -0.419. The maximum Gasteiger partial charge on any atom is 0.339 e. The van der Waals surface area contributed by atoms with Gasteiger partial charge in [0.2, 0.25) is 0 Å². The van der Waals surface area contributed by atoms with Gasteiger partial charge in [-0.2, -0.15) is 0 Å². The van der Waals surface area contributed by atoms with E-state index >= 15 is 0 Å². The Morgan fingerprint density at radius 1 is 1.47 bits per heavy atom. The minimum Gasteiger partial charge on any atom is -0.478 e. The van der Waals surface area contributed by atoms with Crippen molar-refractivity contribution >= 4 is 11.8 Å². The van der Waals surface area contributed by atoms with Crippen molar-refractivity contribution in [2.45, 2.75) is 32.7 Å². The molecule has 1 rings (SSSR count). The molecular formula is C14H22N2O3. The highest BCUT2D eigenvalue weighted by Crippen LogP contribution is 2.22. The Labute approximate surface area is 114 Å². The van der Waals surface area contributed by atoms with E-state index in [1.54, 1.807) is 25.4 Å². The summed E-state index contributed by atoms with van der Waals surface area (Å²) in [6.45, 7) is 5.38. The van der Waals surface area contributed by atoms with Crippen molar-refractivity contribution in [3.8, 4) is 0 Å². The summed E-state index contributed by atoms with van der Waals surface area (Å²) in [4.78, 5) is 17.6. The Morgan fingerprint density at radius 2 is 2.16 bits per heavy atom. The van der Waals surface area contributed by atoms with Crippen LogP contribution in [0.5, 0.6) is 0 Å². The molecule has 0 aliphatic rings. The average Bonchev–Trinajstić information content (AvgIpc) is 2.43. The summed E-state index contributed by atoms with van der Waals surface area (Å²) in [5.41, 5.74) is 0.241. The van der Waals surface area contributed by atoms with E-state index in [0.717, 1.165) is 12.8 Å². The smallest absolute Gasteiger partial charge is 0.339 e. The predicted molar refractivity (Wildman–Crippen MR) is 74.8 cm³/mol. The molecule has 0 aromatic carbocycles. The highest BCUT2D eigenvalue weighted by molar-refractivity contribution is 5.93. The Bertz CT molecular complexity index is 405. The van der Waals surface area contributed by atoms with Crippen LogP contribution in [0.2, 0.25) is 0 Å². The first-order valence-corrected chi connectivity index (χ1v) is 6.59. The van der Waals surface area contributed by atoms with Crippen molar-refractivity contribution in [3.63, 3.8) is 0 Å². The number of rotatable bonds is 8. The molecule has 1 aromatic rings. The van der Waals surface area contributed by atoms with Gasteiger partial charge in [-0.25, -0.2) is 9.78 Å². The van der Waals surface area contributed by atoms with Gasteiger partial charge in [-0.3, -0.25) is 0 Å². The van der Waals surface area contributed by atoms with E-state index in [1.807, 2.05) is 4.90 Å². The third kappa shape index (κ3) is 3.92. The number of carboxylic acids is 1. The fourth-order valence-corrected chi connectivity index (χ4v) is 2.17. The molecule has 0 unspecified atom stereocenters. The Hall–Kier alpha value is -1.62. The van der Waals surface area contributed by atoms with Crippen LogP contribution in [0.3, 0.4) is 0 Å². The molecule has 5 nitrogen and oxygen atoms in total. The molecule has 0 fully saturated rings. The van der Waals surface area contributed by atoms with Crippen molar-refractivity contribution < 1.29 is 14.6 Å². The number of carbonyl (C=O) groups is 1. The molecular weight excluding hydrogens is 244 g/mol. The number of hydrogen-bond donors (Lipinski definition) is 1. The monoisotopic (exact) mass is 266 g/mol. The second-order valence-electron chi connectivity index (χ2n) is 4.34. The maximum absolute atomic E-state index is 11.3. The van der Waals surface area contributed by atoms with Gasteiger partial charge in [-0.1, -0.05) is 13.8 Å². The van der Waals surface area contributed by atoms with E-state index in [2.05, 4.69) is 18.8 Å². The van der Waals surface area contributed by atoms with Crippen molar-refractivity contribution in [2.24, 2.45) is 0 Å². The largest absolute Gasteiger partial charge is 0.478 e. The number of aromatic carboxylic acids is 1. The molecule has 1 aromatic heterocycles. The second kappa shape index (κ2) is 7.74. The normalized spacial score (nSPS) is 10.7. The van der Waals surface area contributed by atoms with Crippen LogP contribution in [0.15, 0.2) is 18.3 Å². The number of carboxylic acid groups (broad SMARTS) is 1. The number of nitrogens with zero attached hydrogens (tertiary/aromatic N) is 2. The summed E-state index contributed by atoms with van der Waals surface area (Å²) in [7, 11) is 1.64. The van der Waals surface area contributed by atoms with Crippen molar-refractivity contribution in [1.82, 2.24) is 4.98 Å². The van der Waals surface area contributed by atoms with E-state index in [-0.39, 0.29) is 11.6 Å². The lowest BCUT2D eigenvalue weighted by Gasteiger charge is -2.32. The molecule has 1 N–H and O–H groups in total. The van der Waals surface area contributed by atoms with Crippen LogP contribution < -0.4 is 4.90 Å². The van der Waals surface area contributed by atoms with Crippen molar-refractivity contribution in [1.29, 1.82) is 0 Å². The molecule has 0 saturated heterocycles. The van der Waals surface area contributed by atoms with Gasteiger partial charge < -0.3 is 14.7 Å². The molecule has 106 valence electrons. The van der Waals surface area contributed by atoms with E-state index < -0.39 is 5.97 Å².